The third-order valence-corrected chi connectivity index (χ3v) is 6.23. The van der Waals surface area contributed by atoms with E-state index in [9.17, 15) is 23.3 Å². The van der Waals surface area contributed by atoms with Gasteiger partial charge in [-0.2, -0.15) is 5.26 Å². The molecule has 0 N–H and O–H groups in total. The summed E-state index contributed by atoms with van der Waals surface area (Å²) in [6.07, 6.45) is 1.67. The number of sulfone groups is 1. The van der Waals surface area contributed by atoms with Gasteiger partial charge < -0.3 is 4.90 Å². The highest BCUT2D eigenvalue weighted by atomic mass is 32.2. The number of benzene rings is 2. The van der Waals surface area contributed by atoms with Gasteiger partial charge in [-0.1, -0.05) is 12.1 Å². The maximum Gasteiger partial charge on any atom is 0.271 e. The lowest BCUT2D eigenvalue weighted by Crippen LogP contribution is -2.35. The van der Waals surface area contributed by atoms with Crippen LogP contribution in [0.4, 0.5) is 5.69 Å². The lowest BCUT2D eigenvalue weighted by molar-refractivity contribution is -0.385. The number of carbonyl (C=O) groups excluding carboxylic acids is 1. The number of nitro benzene ring substituents is 1. The summed E-state index contributed by atoms with van der Waals surface area (Å²) in [4.78, 5) is 27.1. The SMILES string of the molecule is CS(=O)(=O)c1cc(C(=O)N2CCCN(Cc3ccc(C#N)cc3)CC2)cc([N+](=O)[O-])c1. The maximum atomic E-state index is 13.0. The van der Waals surface area contributed by atoms with Crippen molar-refractivity contribution in [3.63, 3.8) is 0 Å². The number of nitriles is 1. The highest BCUT2D eigenvalue weighted by Crippen LogP contribution is 2.22. The van der Waals surface area contributed by atoms with Gasteiger partial charge in [-0.3, -0.25) is 19.8 Å². The van der Waals surface area contributed by atoms with Crippen molar-refractivity contribution in [2.45, 2.75) is 17.9 Å². The van der Waals surface area contributed by atoms with Crippen LogP contribution in [-0.2, 0) is 16.4 Å². The largest absolute Gasteiger partial charge is 0.337 e. The average Bonchev–Trinajstić information content (AvgIpc) is 2.98. The molecule has 9 nitrogen and oxygen atoms in total. The Labute approximate surface area is 180 Å². The van der Waals surface area contributed by atoms with Gasteiger partial charge in [0.2, 0.25) is 0 Å². The molecule has 1 amide bonds. The molecule has 0 unspecified atom stereocenters. The first-order chi connectivity index (χ1) is 14.7. The summed E-state index contributed by atoms with van der Waals surface area (Å²) in [5.41, 5.74) is 1.23. The van der Waals surface area contributed by atoms with Gasteiger partial charge >= 0.3 is 0 Å². The number of non-ortho nitro benzene ring substituents is 1. The van der Waals surface area contributed by atoms with Gasteiger partial charge in [-0.15, -0.1) is 0 Å². The van der Waals surface area contributed by atoms with Gasteiger partial charge in [-0.05, 0) is 30.2 Å². The summed E-state index contributed by atoms with van der Waals surface area (Å²) >= 11 is 0. The summed E-state index contributed by atoms with van der Waals surface area (Å²) in [5.74, 6) is -0.422. The van der Waals surface area contributed by atoms with E-state index in [4.69, 9.17) is 5.26 Å². The lowest BCUT2D eigenvalue weighted by Gasteiger charge is -2.22. The summed E-state index contributed by atoms with van der Waals surface area (Å²) in [6.45, 7) is 2.96. The first kappa shape index (κ1) is 22.4. The topological polar surface area (TPSA) is 125 Å². The van der Waals surface area contributed by atoms with Gasteiger partial charge in [0, 0.05) is 56.7 Å². The molecule has 1 heterocycles. The second-order valence-electron chi connectivity index (χ2n) is 7.48. The second-order valence-corrected chi connectivity index (χ2v) is 9.49. The van der Waals surface area contributed by atoms with E-state index in [1.165, 1.54) is 6.07 Å². The van der Waals surface area contributed by atoms with Crippen LogP contribution in [0.5, 0.6) is 0 Å². The fraction of sp³-hybridized carbons (Fsp3) is 0.333. The number of rotatable bonds is 5. The van der Waals surface area contributed by atoms with E-state index in [-0.39, 0.29) is 10.5 Å². The van der Waals surface area contributed by atoms with Crippen molar-refractivity contribution < 1.29 is 18.1 Å². The van der Waals surface area contributed by atoms with Crippen LogP contribution in [0.15, 0.2) is 47.4 Å². The van der Waals surface area contributed by atoms with Crippen LogP contribution in [-0.4, -0.2) is 61.5 Å². The molecule has 0 bridgehead atoms. The van der Waals surface area contributed by atoms with Crippen LogP contribution in [0.1, 0.15) is 27.9 Å². The van der Waals surface area contributed by atoms with Gasteiger partial charge in [0.15, 0.2) is 9.84 Å². The van der Waals surface area contributed by atoms with Crippen LogP contribution in [0.3, 0.4) is 0 Å². The maximum absolute atomic E-state index is 13.0. The molecule has 0 radical (unpaired) electrons. The Bertz CT molecular complexity index is 1140. The number of amides is 1. The van der Waals surface area contributed by atoms with Crippen molar-refractivity contribution >= 4 is 21.4 Å². The Morgan fingerprint density at radius 2 is 1.84 bits per heavy atom. The van der Waals surface area contributed by atoms with Gasteiger partial charge in [0.25, 0.3) is 11.6 Å². The molecule has 0 saturated carbocycles. The van der Waals surface area contributed by atoms with Gasteiger partial charge in [0.05, 0.1) is 21.5 Å². The van der Waals surface area contributed by atoms with Crippen molar-refractivity contribution in [1.29, 1.82) is 5.26 Å². The van der Waals surface area contributed by atoms with E-state index in [1.54, 1.807) is 17.0 Å². The molecule has 10 heteroatoms. The van der Waals surface area contributed by atoms with Gasteiger partial charge in [-0.25, -0.2) is 8.42 Å². The number of carbonyl (C=O) groups is 1. The predicted octanol–water partition coefficient (Wildman–Crippen LogP) is 2.22. The van der Waals surface area contributed by atoms with Crippen LogP contribution in [0, 0.1) is 21.4 Å². The molecular formula is C21H22N4O5S. The van der Waals surface area contributed by atoms with Gasteiger partial charge in [0.1, 0.15) is 0 Å². The molecule has 0 spiro atoms. The second kappa shape index (κ2) is 9.24. The normalized spacial score (nSPS) is 15.2. The van der Waals surface area contributed by atoms with E-state index in [2.05, 4.69) is 11.0 Å². The highest BCUT2D eigenvalue weighted by molar-refractivity contribution is 7.90. The number of nitrogens with zero attached hydrogens (tertiary/aromatic N) is 4. The Morgan fingerprint density at radius 1 is 1.13 bits per heavy atom. The average molecular weight is 442 g/mol. The lowest BCUT2D eigenvalue weighted by atomic mass is 10.1. The molecule has 1 saturated heterocycles. The first-order valence-corrected chi connectivity index (χ1v) is 11.6. The molecule has 31 heavy (non-hydrogen) atoms. The van der Waals surface area contributed by atoms with E-state index >= 15 is 0 Å². The summed E-state index contributed by atoms with van der Waals surface area (Å²) in [5, 5.41) is 20.1. The summed E-state index contributed by atoms with van der Waals surface area (Å²) in [7, 11) is -3.70. The molecule has 162 valence electrons. The molecule has 0 aromatic heterocycles. The smallest absolute Gasteiger partial charge is 0.271 e. The zero-order valence-electron chi connectivity index (χ0n) is 17.0. The molecule has 0 atom stereocenters. The predicted molar refractivity (Wildman–Crippen MR) is 113 cm³/mol. The molecule has 3 rings (SSSR count). The monoisotopic (exact) mass is 442 g/mol. The Hall–Kier alpha value is -3.29. The minimum Gasteiger partial charge on any atom is -0.337 e. The Morgan fingerprint density at radius 3 is 2.45 bits per heavy atom. The quantitative estimate of drug-likeness (QED) is 0.513. The van der Waals surface area contributed by atoms with Crippen molar-refractivity contribution in [3.05, 3.63) is 69.3 Å². The standard InChI is InChI=1S/C21H22N4O5S/c1-31(29,30)20-12-18(11-19(13-20)25(27)28)21(26)24-8-2-7-23(9-10-24)15-17-5-3-16(14-22)4-6-17/h3-6,11-13H,2,7-10,15H2,1H3. The van der Waals surface area contributed by atoms with Crippen LogP contribution >= 0.6 is 0 Å². The zero-order chi connectivity index (χ0) is 22.6. The van der Waals surface area contributed by atoms with Crippen molar-refractivity contribution in [3.8, 4) is 6.07 Å². The van der Waals surface area contributed by atoms with Crippen LogP contribution < -0.4 is 0 Å². The van der Waals surface area contributed by atoms with E-state index in [1.807, 2.05) is 12.1 Å². The number of nitro groups is 1. The minimum absolute atomic E-state index is 0.00447. The van der Waals surface area contributed by atoms with Crippen molar-refractivity contribution in [2.24, 2.45) is 0 Å². The molecule has 1 aliphatic heterocycles. The first-order valence-electron chi connectivity index (χ1n) is 9.67. The number of hydrogen-bond acceptors (Lipinski definition) is 7. The Kier molecular flexibility index (Phi) is 6.68. The molecule has 2 aromatic rings. The fourth-order valence-electron chi connectivity index (χ4n) is 3.48. The minimum atomic E-state index is -3.70. The zero-order valence-corrected chi connectivity index (χ0v) is 17.8. The molecular weight excluding hydrogens is 420 g/mol. The molecule has 1 fully saturated rings. The van der Waals surface area contributed by atoms with E-state index in [0.717, 1.165) is 36.9 Å². The van der Waals surface area contributed by atoms with Crippen LogP contribution in [0.25, 0.3) is 0 Å². The summed E-state index contributed by atoms with van der Waals surface area (Å²) < 4.78 is 23.8. The molecule has 2 aromatic carbocycles. The highest BCUT2D eigenvalue weighted by Gasteiger charge is 2.24. The van der Waals surface area contributed by atoms with Crippen molar-refractivity contribution in [1.82, 2.24) is 9.80 Å². The Balaban J connectivity index is 1.73. The summed E-state index contributed by atoms with van der Waals surface area (Å²) in [6, 6.07) is 12.7. The van der Waals surface area contributed by atoms with Crippen molar-refractivity contribution in [2.75, 3.05) is 32.4 Å². The molecule has 0 aliphatic carbocycles. The van der Waals surface area contributed by atoms with E-state index in [0.29, 0.717) is 31.7 Å². The fourth-order valence-corrected chi connectivity index (χ4v) is 4.16. The third-order valence-electron chi connectivity index (χ3n) is 5.14. The van der Waals surface area contributed by atoms with E-state index < -0.39 is 26.4 Å². The molecule has 1 aliphatic rings. The third kappa shape index (κ3) is 5.65. The number of hydrogen-bond donors (Lipinski definition) is 0. The van der Waals surface area contributed by atoms with Crippen LogP contribution in [0.2, 0.25) is 0 Å².